The lowest BCUT2D eigenvalue weighted by Crippen LogP contribution is -2.31. The molecule has 0 bridgehead atoms. The van der Waals surface area contributed by atoms with Crippen LogP contribution in [0, 0.1) is 0 Å². The Morgan fingerprint density at radius 3 is 2.80 bits per heavy atom. The number of hydrogen-bond acceptors (Lipinski definition) is 3. The monoisotopic (exact) mass is 277 g/mol. The Kier molecular flexibility index (Phi) is 6.34. The molecule has 2 rings (SSSR count). The Hall–Kier alpha value is -1.06. The third kappa shape index (κ3) is 4.80. The van der Waals surface area contributed by atoms with Crippen molar-refractivity contribution in [2.45, 2.75) is 45.1 Å². The molecule has 20 heavy (non-hydrogen) atoms. The minimum Gasteiger partial charge on any atom is -0.494 e. The van der Waals surface area contributed by atoms with Crippen molar-refractivity contribution in [2.75, 3.05) is 26.2 Å². The van der Waals surface area contributed by atoms with E-state index in [1.165, 1.54) is 32.4 Å². The second-order valence-electron chi connectivity index (χ2n) is 5.63. The lowest BCUT2D eigenvalue weighted by atomic mass is 10.0. The van der Waals surface area contributed by atoms with Crippen LogP contribution >= 0.6 is 0 Å². The van der Waals surface area contributed by atoms with Crippen molar-refractivity contribution in [3.63, 3.8) is 0 Å². The number of piperidine rings is 1. The zero-order valence-corrected chi connectivity index (χ0v) is 12.6. The van der Waals surface area contributed by atoms with E-state index in [-0.39, 0.29) is 6.10 Å². The first-order valence-electron chi connectivity index (χ1n) is 7.93. The maximum absolute atomic E-state index is 10.3. The van der Waals surface area contributed by atoms with Crippen LogP contribution in [0.15, 0.2) is 24.3 Å². The predicted octanol–water partition coefficient (Wildman–Crippen LogP) is 3.38. The molecule has 1 N–H and O–H groups in total. The molecule has 0 spiro atoms. The van der Waals surface area contributed by atoms with Crippen molar-refractivity contribution in [3.8, 4) is 5.75 Å². The van der Waals surface area contributed by atoms with Gasteiger partial charge >= 0.3 is 0 Å². The Balaban J connectivity index is 1.82. The van der Waals surface area contributed by atoms with Crippen LogP contribution in [-0.4, -0.2) is 36.2 Å². The third-order valence-electron chi connectivity index (χ3n) is 3.88. The summed E-state index contributed by atoms with van der Waals surface area (Å²) in [5.41, 5.74) is 0.968. The van der Waals surface area contributed by atoms with Gasteiger partial charge in [-0.3, -0.25) is 0 Å². The summed E-state index contributed by atoms with van der Waals surface area (Å²) in [4.78, 5) is 2.46. The smallest absolute Gasteiger partial charge is 0.119 e. The van der Waals surface area contributed by atoms with Gasteiger partial charge in [0.1, 0.15) is 5.75 Å². The Labute approximate surface area is 122 Å². The zero-order valence-electron chi connectivity index (χ0n) is 12.6. The van der Waals surface area contributed by atoms with Crippen molar-refractivity contribution >= 4 is 0 Å². The van der Waals surface area contributed by atoms with E-state index in [0.717, 1.165) is 37.3 Å². The molecule has 0 amide bonds. The van der Waals surface area contributed by atoms with E-state index in [4.69, 9.17) is 4.74 Å². The first-order chi connectivity index (χ1) is 9.79. The van der Waals surface area contributed by atoms with Crippen LogP contribution in [0.2, 0.25) is 0 Å². The molecular weight excluding hydrogens is 250 g/mol. The number of aliphatic hydroxyl groups is 1. The largest absolute Gasteiger partial charge is 0.494 e. The molecule has 3 heteroatoms. The Morgan fingerprint density at radius 2 is 2.05 bits per heavy atom. The first kappa shape index (κ1) is 15.3. The molecule has 3 nitrogen and oxygen atoms in total. The van der Waals surface area contributed by atoms with E-state index in [1.54, 1.807) is 0 Å². The molecule has 1 aliphatic heterocycles. The average molecular weight is 277 g/mol. The van der Waals surface area contributed by atoms with Crippen molar-refractivity contribution in [3.05, 3.63) is 29.8 Å². The van der Waals surface area contributed by atoms with Gasteiger partial charge in [-0.15, -0.1) is 0 Å². The van der Waals surface area contributed by atoms with Gasteiger partial charge in [-0.05, 0) is 56.5 Å². The van der Waals surface area contributed by atoms with Crippen LogP contribution in [0.5, 0.6) is 5.75 Å². The SMILES string of the molecule is CCCOc1cccc(C(O)CCN2CCCCC2)c1. The standard InChI is InChI=1S/C17H27NO2/c1-2-13-20-16-8-6-7-15(14-16)17(19)9-12-18-10-4-3-5-11-18/h6-8,14,17,19H,2-5,9-13H2,1H3. The molecule has 1 heterocycles. The summed E-state index contributed by atoms with van der Waals surface area (Å²) >= 11 is 0. The van der Waals surface area contributed by atoms with Gasteiger partial charge in [0.15, 0.2) is 0 Å². The quantitative estimate of drug-likeness (QED) is 0.829. The van der Waals surface area contributed by atoms with Gasteiger partial charge < -0.3 is 14.7 Å². The molecule has 1 aliphatic rings. The van der Waals surface area contributed by atoms with Crippen molar-refractivity contribution in [1.29, 1.82) is 0 Å². The number of ether oxygens (including phenoxy) is 1. The van der Waals surface area contributed by atoms with Crippen LogP contribution in [0.1, 0.15) is 50.7 Å². The highest BCUT2D eigenvalue weighted by atomic mass is 16.5. The van der Waals surface area contributed by atoms with Crippen LogP contribution in [0.4, 0.5) is 0 Å². The second-order valence-corrected chi connectivity index (χ2v) is 5.63. The molecule has 1 atom stereocenters. The van der Waals surface area contributed by atoms with E-state index in [0.29, 0.717) is 0 Å². The highest BCUT2D eigenvalue weighted by Crippen LogP contribution is 2.22. The van der Waals surface area contributed by atoms with E-state index in [2.05, 4.69) is 11.8 Å². The van der Waals surface area contributed by atoms with Gasteiger partial charge in [-0.1, -0.05) is 25.5 Å². The minimum absolute atomic E-state index is 0.387. The van der Waals surface area contributed by atoms with Crippen molar-refractivity contribution in [2.24, 2.45) is 0 Å². The number of hydrogen-bond donors (Lipinski definition) is 1. The highest BCUT2D eigenvalue weighted by molar-refractivity contribution is 5.29. The molecular formula is C17H27NO2. The van der Waals surface area contributed by atoms with Crippen LogP contribution in [0.3, 0.4) is 0 Å². The summed E-state index contributed by atoms with van der Waals surface area (Å²) in [5, 5.41) is 10.3. The number of benzene rings is 1. The van der Waals surface area contributed by atoms with E-state index < -0.39 is 0 Å². The highest BCUT2D eigenvalue weighted by Gasteiger charge is 2.13. The first-order valence-corrected chi connectivity index (χ1v) is 7.93. The zero-order chi connectivity index (χ0) is 14.2. The number of nitrogens with zero attached hydrogens (tertiary/aromatic N) is 1. The van der Waals surface area contributed by atoms with Crippen molar-refractivity contribution in [1.82, 2.24) is 4.90 Å². The Morgan fingerprint density at radius 1 is 1.25 bits per heavy atom. The normalized spacial score (nSPS) is 17.9. The second kappa shape index (κ2) is 8.28. The van der Waals surface area contributed by atoms with E-state index in [9.17, 15) is 5.11 Å². The lowest BCUT2D eigenvalue weighted by molar-refractivity contribution is 0.133. The van der Waals surface area contributed by atoms with Gasteiger partial charge in [-0.25, -0.2) is 0 Å². The summed E-state index contributed by atoms with van der Waals surface area (Å²) in [6.07, 6.45) is 5.38. The molecule has 1 unspecified atom stereocenters. The van der Waals surface area contributed by atoms with E-state index in [1.807, 2.05) is 24.3 Å². The molecule has 1 saturated heterocycles. The number of rotatable bonds is 7. The molecule has 0 aromatic heterocycles. The topological polar surface area (TPSA) is 32.7 Å². The van der Waals surface area contributed by atoms with Gasteiger partial charge in [-0.2, -0.15) is 0 Å². The Bertz CT molecular complexity index is 388. The summed E-state index contributed by atoms with van der Waals surface area (Å²) < 4.78 is 5.62. The average Bonchev–Trinajstić information content (AvgIpc) is 2.52. The van der Waals surface area contributed by atoms with Crippen molar-refractivity contribution < 1.29 is 9.84 Å². The van der Waals surface area contributed by atoms with Crippen LogP contribution in [0.25, 0.3) is 0 Å². The van der Waals surface area contributed by atoms with Gasteiger partial charge in [0.2, 0.25) is 0 Å². The minimum atomic E-state index is -0.387. The third-order valence-corrected chi connectivity index (χ3v) is 3.88. The summed E-state index contributed by atoms with van der Waals surface area (Å²) in [7, 11) is 0. The lowest BCUT2D eigenvalue weighted by Gasteiger charge is -2.27. The maximum Gasteiger partial charge on any atom is 0.119 e. The summed E-state index contributed by atoms with van der Waals surface area (Å²) in [6.45, 7) is 6.19. The van der Waals surface area contributed by atoms with Crippen LogP contribution in [-0.2, 0) is 0 Å². The van der Waals surface area contributed by atoms with Gasteiger partial charge in [0.25, 0.3) is 0 Å². The molecule has 0 saturated carbocycles. The maximum atomic E-state index is 10.3. The molecule has 1 fully saturated rings. The molecule has 1 aromatic rings. The molecule has 1 aromatic carbocycles. The van der Waals surface area contributed by atoms with E-state index >= 15 is 0 Å². The predicted molar refractivity (Wildman–Crippen MR) is 82.1 cm³/mol. The fraction of sp³-hybridized carbons (Fsp3) is 0.647. The summed E-state index contributed by atoms with van der Waals surface area (Å²) in [5.74, 6) is 0.862. The van der Waals surface area contributed by atoms with Crippen LogP contribution < -0.4 is 4.74 Å². The van der Waals surface area contributed by atoms with Gasteiger partial charge in [0.05, 0.1) is 12.7 Å². The van der Waals surface area contributed by atoms with Gasteiger partial charge in [0, 0.05) is 6.54 Å². The fourth-order valence-electron chi connectivity index (χ4n) is 2.69. The molecule has 0 aliphatic carbocycles. The fourth-order valence-corrected chi connectivity index (χ4v) is 2.69. The molecule has 0 radical (unpaired) electrons. The number of aliphatic hydroxyl groups excluding tert-OH is 1. The molecule has 112 valence electrons. The number of likely N-dealkylation sites (tertiary alicyclic amines) is 1. The summed E-state index contributed by atoms with van der Waals surface area (Å²) in [6, 6.07) is 7.87.